The van der Waals surface area contributed by atoms with Gasteiger partial charge in [-0.1, -0.05) is 0 Å². The van der Waals surface area contributed by atoms with E-state index < -0.39 is 0 Å². The van der Waals surface area contributed by atoms with Crippen LogP contribution in [0.15, 0.2) is 18.2 Å². The van der Waals surface area contributed by atoms with Gasteiger partial charge in [0.05, 0.1) is 24.0 Å². The van der Waals surface area contributed by atoms with Gasteiger partial charge < -0.3 is 20.3 Å². The van der Waals surface area contributed by atoms with Gasteiger partial charge in [-0.15, -0.1) is 0 Å². The summed E-state index contributed by atoms with van der Waals surface area (Å²) >= 11 is 0. The van der Waals surface area contributed by atoms with E-state index in [0.717, 1.165) is 31.7 Å². The molecule has 1 saturated heterocycles. The number of esters is 1. The molecule has 5 heteroatoms. The summed E-state index contributed by atoms with van der Waals surface area (Å²) in [5.74, 6) is -0.355. The SMILES string of the molecule is COC(=O)c1ccc(N2CCCN(C)CC2C)c(N)c1. The van der Waals surface area contributed by atoms with Crippen LogP contribution in [0.1, 0.15) is 23.7 Å². The minimum atomic E-state index is -0.355. The number of likely N-dealkylation sites (N-methyl/N-ethyl adjacent to an activating group) is 1. The zero-order valence-corrected chi connectivity index (χ0v) is 12.4. The lowest BCUT2D eigenvalue weighted by Gasteiger charge is -2.31. The van der Waals surface area contributed by atoms with Gasteiger partial charge in [-0.05, 0) is 45.1 Å². The van der Waals surface area contributed by atoms with Crippen LogP contribution in [0.5, 0.6) is 0 Å². The number of nitrogens with zero attached hydrogens (tertiary/aromatic N) is 2. The predicted molar refractivity (Wildman–Crippen MR) is 81.1 cm³/mol. The molecule has 1 fully saturated rings. The summed E-state index contributed by atoms with van der Waals surface area (Å²) in [5.41, 5.74) is 8.25. The Kier molecular flexibility index (Phi) is 4.49. The van der Waals surface area contributed by atoms with E-state index in [0.29, 0.717) is 17.3 Å². The van der Waals surface area contributed by atoms with Crippen molar-refractivity contribution >= 4 is 17.3 Å². The van der Waals surface area contributed by atoms with Crippen LogP contribution in [0.4, 0.5) is 11.4 Å². The number of nitrogen functional groups attached to an aromatic ring is 1. The summed E-state index contributed by atoms with van der Waals surface area (Å²) in [6.07, 6.45) is 1.11. The Morgan fingerprint density at radius 2 is 2.15 bits per heavy atom. The first-order valence-corrected chi connectivity index (χ1v) is 6.96. The molecule has 0 aliphatic carbocycles. The van der Waals surface area contributed by atoms with Gasteiger partial charge in [-0.2, -0.15) is 0 Å². The fourth-order valence-corrected chi connectivity index (χ4v) is 2.79. The second-order valence-corrected chi connectivity index (χ2v) is 5.42. The lowest BCUT2D eigenvalue weighted by molar-refractivity contribution is 0.0601. The number of carbonyl (C=O) groups is 1. The number of rotatable bonds is 2. The summed E-state index contributed by atoms with van der Waals surface area (Å²) in [4.78, 5) is 16.2. The molecule has 1 aromatic carbocycles. The van der Waals surface area contributed by atoms with E-state index in [4.69, 9.17) is 10.5 Å². The molecule has 1 aliphatic rings. The van der Waals surface area contributed by atoms with Crippen molar-refractivity contribution in [2.45, 2.75) is 19.4 Å². The smallest absolute Gasteiger partial charge is 0.337 e. The largest absolute Gasteiger partial charge is 0.465 e. The topological polar surface area (TPSA) is 58.8 Å². The number of hydrogen-bond acceptors (Lipinski definition) is 5. The molecule has 0 spiro atoms. The number of nitrogens with two attached hydrogens (primary N) is 1. The third kappa shape index (κ3) is 3.04. The standard InChI is InChI=1S/C15H23N3O2/c1-11-10-17(2)7-4-8-18(11)14-6-5-12(9-13(14)16)15(19)20-3/h5-6,9,11H,4,7-8,10,16H2,1-3H3. The zero-order valence-electron chi connectivity index (χ0n) is 12.4. The van der Waals surface area contributed by atoms with E-state index in [1.54, 1.807) is 12.1 Å². The van der Waals surface area contributed by atoms with Gasteiger partial charge in [0.25, 0.3) is 0 Å². The quantitative estimate of drug-likeness (QED) is 0.657. The Morgan fingerprint density at radius 3 is 2.80 bits per heavy atom. The van der Waals surface area contributed by atoms with Gasteiger partial charge in [-0.3, -0.25) is 0 Å². The van der Waals surface area contributed by atoms with E-state index >= 15 is 0 Å². The maximum absolute atomic E-state index is 11.5. The first-order valence-electron chi connectivity index (χ1n) is 6.96. The summed E-state index contributed by atoms with van der Waals surface area (Å²) in [5, 5.41) is 0. The third-order valence-corrected chi connectivity index (χ3v) is 3.80. The highest BCUT2D eigenvalue weighted by Gasteiger charge is 2.22. The fraction of sp³-hybridized carbons (Fsp3) is 0.533. The maximum Gasteiger partial charge on any atom is 0.337 e. The lowest BCUT2D eigenvalue weighted by Crippen LogP contribution is -2.38. The van der Waals surface area contributed by atoms with Crippen molar-refractivity contribution in [3.63, 3.8) is 0 Å². The number of hydrogen-bond donors (Lipinski definition) is 1. The van der Waals surface area contributed by atoms with Gasteiger partial charge in [0.1, 0.15) is 0 Å². The summed E-state index contributed by atoms with van der Waals surface area (Å²) in [6.45, 7) is 5.29. The highest BCUT2D eigenvalue weighted by Crippen LogP contribution is 2.28. The van der Waals surface area contributed by atoms with Crippen molar-refractivity contribution in [3.8, 4) is 0 Å². The number of ether oxygens (including phenoxy) is 1. The Labute approximate surface area is 120 Å². The van der Waals surface area contributed by atoms with Crippen LogP contribution in [-0.2, 0) is 4.74 Å². The second-order valence-electron chi connectivity index (χ2n) is 5.42. The molecule has 20 heavy (non-hydrogen) atoms. The van der Waals surface area contributed by atoms with Gasteiger partial charge in [0, 0.05) is 19.1 Å². The van der Waals surface area contributed by atoms with Crippen LogP contribution in [-0.4, -0.2) is 50.7 Å². The van der Waals surface area contributed by atoms with Crippen LogP contribution in [0, 0.1) is 0 Å². The zero-order chi connectivity index (χ0) is 14.7. The monoisotopic (exact) mass is 277 g/mol. The molecule has 5 nitrogen and oxygen atoms in total. The minimum Gasteiger partial charge on any atom is -0.465 e. The number of benzene rings is 1. The third-order valence-electron chi connectivity index (χ3n) is 3.80. The molecule has 0 aromatic heterocycles. The Hall–Kier alpha value is -1.75. The first-order chi connectivity index (χ1) is 9.52. The minimum absolute atomic E-state index is 0.355. The van der Waals surface area contributed by atoms with Gasteiger partial charge in [0.15, 0.2) is 0 Å². The Bertz CT molecular complexity index is 490. The number of methoxy groups -OCH3 is 1. The molecule has 0 bridgehead atoms. The van der Waals surface area contributed by atoms with Crippen molar-refractivity contribution in [1.29, 1.82) is 0 Å². The van der Waals surface area contributed by atoms with Crippen molar-refractivity contribution in [2.75, 3.05) is 44.4 Å². The van der Waals surface area contributed by atoms with E-state index in [9.17, 15) is 4.79 Å². The molecular formula is C15H23N3O2. The van der Waals surface area contributed by atoms with Crippen molar-refractivity contribution in [1.82, 2.24) is 4.90 Å². The molecule has 1 aliphatic heterocycles. The van der Waals surface area contributed by atoms with Crippen LogP contribution >= 0.6 is 0 Å². The molecule has 0 amide bonds. The van der Waals surface area contributed by atoms with E-state index in [1.807, 2.05) is 6.07 Å². The second kappa shape index (κ2) is 6.13. The Morgan fingerprint density at radius 1 is 1.40 bits per heavy atom. The highest BCUT2D eigenvalue weighted by molar-refractivity contribution is 5.92. The molecular weight excluding hydrogens is 254 g/mol. The van der Waals surface area contributed by atoms with Crippen LogP contribution in [0.2, 0.25) is 0 Å². The van der Waals surface area contributed by atoms with Crippen molar-refractivity contribution in [3.05, 3.63) is 23.8 Å². The van der Waals surface area contributed by atoms with Gasteiger partial charge in [0.2, 0.25) is 0 Å². The molecule has 2 N–H and O–H groups in total. The van der Waals surface area contributed by atoms with E-state index in [-0.39, 0.29) is 5.97 Å². The molecule has 110 valence electrons. The van der Waals surface area contributed by atoms with Crippen LogP contribution in [0.3, 0.4) is 0 Å². The molecule has 1 unspecified atom stereocenters. The summed E-state index contributed by atoms with van der Waals surface area (Å²) in [6, 6.07) is 5.79. The highest BCUT2D eigenvalue weighted by atomic mass is 16.5. The molecule has 1 aromatic rings. The molecule has 1 heterocycles. The summed E-state index contributed by atoms with van der Waals surface area (Å²) < 4.78 is 4.72. The predicted octanol–water partition coefficient (Wildman–Crippen LogP) is 1.59. The van der Waals surface area contributed by atoms with Crippen molar-refractivity contribution in [2.24, 2.45) is 0 Å². The van der Waals surface area contributed by atoms with Crippen LogP contribution in [0.25, 0.3) is 0 Å². The van der Waals surface area contributed by atoms with Crippen LogP contribution < -0.4 is 10.6 Å². The average molecular weight is 277 g/mol. The van der Waals surface area contributed by atoms with E-state index in [2.05, 4.69) is 23.8 Å². The lowest BCUT2D eigenvalue weighted by atomic mass is 10.1. The maximum atomic E-state index is 11.5. The first kappa shape index (κ1) is 14.7. The molecule has 1 atom stereocenters. The fourth-order valence-electron chi connectivity index (χ4n) is 2.79. The average Bonchev–Trinajstić information content (AvgIpc) is 2.58. The summed E-state index contributed by atoms with van der Waals surface area (Å²) in [7, 11) is 3.52. The number of carbonyl (C=O) groups excluding carboxylic acids is 1. The van der Waals surface area contributed by atoms with Gasteiger partial charge >= 0.3 is 5.97 Å². The molecule has 2 rings (SSSR count). The normalized spacial score (nSPS) is 20.6. The Balaban J connectivity index is 2.25. The van der Waals surface area contributed by atoms with Gasteiger partial charge in [-0.25, -0.2) is 4.79 Å². The van der Waals surface area contributed by atoms with Crippen molar-refractivity contribution < 1.29 is 9.53 Å². The number of anilines is 2. The molecule has 0 saturated carbocycles. The molecule has 0 radical (unpaired) electrons. The van der Waals surface area contributed by atoms with E-state index in [1.165, 1.54) is 7.11 Å².